The summed E-state index contributed by atoms with van der Waals surface area (Å²) in [5, 5.41) is 0. The molecule has 0 saturated carbocycles. The van der Waals surface area contributed by atoms with Crippen molar-refractivity contribution in [3.63, 3.8) is 0 Å². The van der Waals surface area contributed by atoms with Gasteiger partial charge < -0.3 is 0 Å². The molecule has 0 saturated heterocycles. The molecule has 0 aromatic heterocycles. The first-order chi connectivity index (χ1) is 5.29. The van der Waals surface area contributed by atoms with E-state index in [4.69, 9.17) is 0 Å². The van der Waals surface area contributed by atoms with Gasteiger partial charge in [-0.25, -0.2) is 0 Å². The van der Waals surface area contributed by atoms with Crippen LogP contribution in [0.2, 0.25) is 0 Å². The van der Waals surface area contributed by atoms with Crippen LogP contribution in [0.3, 0.4) is 0 Å². The molecule has 0 aromatic carbocycles. The lowest BCUT2D eigenvalue weighted by Crippen LogP contribution is -1.80. The highest BCUT2D eigenvalue weighted by Gasteiger charge is 2.05. The van der Waals surface area contributed by atoms with E-state index in [9.17, 15) is 4.79 Å². The number of carbonyl (C=O) groups is 1. The molecule has 0 heterocycles. The van der Waals surface area contributed by atoms with E-state index >= 15 is 0 Å². The number of allylic oxidation sites excluding steroid dienone is 2. The molecule has 0 atom stereocenters. The third-order valence-electron chi connectivity index (χ3n) is 1.17. The minimum absolute atomic E-state index is 0.289. The predicted molar refractivity (Wildman–Crippen MR) is 50.7 cm³/mol. The molecular weight excluding hydrogens is 136 g/mol. The summed E-state index contributed by atoms with van der Waals surface area (Å²) in [4.78, 5) is 10.4. The SMILES string of the molecule is CC.CC.CC1=CC(=O)CC1. The standard InChI is InChI=1S/C6H8O.2C2H6/c1-5-2-3-6(7)4-5;2*1-2/h4H,2-3H2,1H3;2*1-2H3. The zero-order chi connectivity index (χ0) is 9.28. The van der Waals surface area contributed by atoms with Crippen LogP contribution < -0.4 is 0 Å². The first kappa shape index (κ1) is 13.0. The molecule has 0 fully saturated rings. The molecule has 1 aliphatic rings. The van der Waals surface area contributed by atoms with Crippen molar-refractivity contribution in [2.45, 2.75) is 47.5 Å². The van der Waals surface area contributed by atoms with Crippen molar-refractivity contribution in [3.8, 4) is 0 Å². The lowest BCUT2D eigenvalue weighted by atomic mass is 10.3. The Hall–Kier alpha value is -0.590. The molecule has 1 rings (SSSR count). The second-order valence-corrected chi connectivity index (χ2v) is 1.96. The second-order valence-electron chi connectivity index (χ2n) is 1.96. The van der Waals surface area contributed by atoms with Gasteiger partial charge in [0.1, 0.15) is 0 Å². The van der Waals surface area contributed by atoms with Crippen LogP contribution in [-0.2, 0) is 4.79 Å². The van der Waals surface area contributed by atoms with E-state index < -0.39 is 0 Å². The maximum Gasteiger partial charge on any atom is 0.155 e. The normalized spacial score (nSPS) is 13.9. The van der Waals surface area contributed by atoms with Crippen LogP contribution in [0.4, 0.5) is 0 Å². The van der Waals surface area contributed by atoms with Gasteiger partial charge in [-0.05, 0) is 19.4 Å². The Bertz CT molecular complexity index is 123. The fourth-order valence-electron chi connectivity index (χ4n) is 0.740. The van der Waals surface area contributed by atoms with Gasteiger partial charge in [-0.2, -0.15) is 0 Å². The zero-order valence-electron chi connectivity index (χ0n) is 8.40. The van der Waals surface area contributed by atoms with Crippen molar-refractivity contribution in [2.24, 2.45) is 0 Å². The third kappa shape index (κ3) is 7.31. The maximum atomic E-state index is 10.4. The molecule has 0 spiro atoms. The van der Waals surface area contributed by atoms with Gasteiger partial charge >= 0.3 is 0 Å². The van der Waals surface area contributed by atoms with E-state index in [0.29, 0.717) is 0 Å². The lowest BCUT2D eigenvalue weighted by molar-refractivity contribution is -0.114. The van der Waals surface area contributed by atoms with Crippen LogP contribution in [0.15, 0.2) is 11.6 Å². The molecule has 1 nitrogen and oxygen atoms in total. The maximum absolute atomic E-state index is 10.4. The van der Waals surface area contributed by atoms with Gasteiger partial charge in [0.25, 0.3) is 0 Å². The molecule has 1 aliphatic carbocycles. The summed E-state index contributed by atoms with van der Waals surface area (Å²) in [5.74, 6) is 0.289. The Morgan fingerprint density at radius 3 is 1.64 bits per heavy atom. The van der Waals surface area contributed by atoms with Crippen LogP contribution in [0.1, 0.15) is 47.5 Å². The van der Waals surface area contributed by atoms with Crippen molar-refractivity contribution in [2.75, 3.05) is 0 Å². The van der Waals surface area contributed by atoms with Crippen molar-refractivity contribution < 1.29 is 4.79 Å². The Labute approximate surface area is 70.5 Å². The first-order valence-electron chi connectivity index (χ1n) is 4.49. The monoisotopic (exact) mass is 156 g/mol. The average Bonchev–Trinajstić information content (AvgIpc) is 2.43. The molecule has 1 heteroatoms. The van der Waals surface area contributed by atoms with Gasteiger partial charge in [0, 0.05) is 6.42 Å². The molecule has 0 aliphatic heterocycles. The fraction of sp³-hybridized carbons (Fsp3) is 0.700. The van der Waals surface area contributed by atoms with Gasteiger partial charge in [-0.3, -0.25) is 4.79 Å². The molecule has 0 bridgehead atoms. The molecule has 0 N–H and O–H groups in total. The average molecular weight is 156 g/mol. The van der Waals surface area contributed by atoms with Crippen LogP contribution in [0.5, 0.6) is 0 Å². The number of hydrogen-bond donors (Lipinski definition) is 0. The van der Waals surface area contributed by atoms with Crippen molar-refractivity contribution in [1.29, 1.82) is 0 Å². The van der Waals surface area contributed by atoms with E-state index in [2.05, 4.69) is 0 Å². The molecule has 66 valence electrons. The van der Waals surface area contributed by atoms with Gasteiger partial charge in [0.05, 0.1) is 0 Å². The van der Waals surface area contributed by atoms with E-state index in [1.165, 1.54) is 5.57 Å². The minimum atomic E-state index is 0.289. The summed E-state index contributed by atoms with van der Waals surface area (Å²) < 4.78 is 0. The highest BCUT2D eigenvalue weighted by molar-refractivity contribution is 5.92. The van der Waals surface area contributed by atoms with Crippen LogP contribution >= 0.6 is 0 Å². The van der Waals surface area contributed by atoms with Gasteiger partial charge in [-0.1, -0.05) is 33.3 Å². The van der Waals surface area contributed by atoms with E-state index in [1.807, 2.05) is 34.6 Å². The Morgan fingerprint density at radius 1 is 1.09 bits per heavy atom. The molecule has 0 radical (unpaired) electrons. The predicted octanol–water partition coefficient (Wildman–Crippen LogP) is 3.35. The summed E-state index contributed by atoms with van der Waals surface area (Å²) >= 11 is 0. The van der Waals surface area contributed by atoms with Gasteiger partial charge in [0.2, 0.25) is 0 Å². The summed E-state index contributed by atoms with van der Waals surface area (Å²) in [6, 6.07) is 0. The topological polar surface area (TPSA) is 17.1 Å². The molecule has 11 heavy (non-hydrogen) atoms. The highest BCUT2D eigenvalue weighted by atomic mass is 16.1. The van der Waals surface area contributed by atoms with Crippen LogP contribution in [-0.4, -0.2) is 5.78 Å². The Kier molecular flexibility index (Phi) is 11.1. The minimum Gasteiger partial charge on any atom is -0.295 e. The third-order valence-corrected chi connectivity index (χ3v) is 1.17. The van der Waals surface area contributed by atoms with E-state index in [1.54, 1.807) is 6.08 Å². The quantitative estimate of drug-likeness (QED) is 0.525. The van der Waals surface area contributed by atoms with Gasteiger partial charge in [-0.15, -0.1) is 0 Å². The second kappa shape index (κ2) is 9.41. The van der Waals surface area contributed by atoms with Crippen LogP contribution in [0.25, 0.3) is 0 Å². The van der Waals surface area contributed by atoms with E-state index in [0.717, 1.165) is 12.8 Å². The lowest BCUT2D eigenvalue weighted by Gasteiger charge is -1.78. The Balaban J connectivity index is 0. The van der Waals surface area contributed by atoms with Crippen molar-refractivity contribution in [1.82, 2.24) is 0 Å². The number of hydrogen-bond acceptors (Lipinski definition) is 1. The molecule has 0 aromatic rings. The molecular formula is C10H20O. The Morgan fingerprint density at radius 2 is 1.55 bits per heavy atom. The summed E-state index contributed by atoms with van der Waals surface area (Å²) in [7, 11) is 0. The zero-order valence-corrected chi connectivity index (χ0v) is 8.40. The summed E-state index contributed by atoms with van der Waals surface area (Å²) in [6.07, 6.45) is 3.45. The highest BCUT2D eigenvalue weighted by Crippen LogP contribution is 2.12. The number of carbonyl (C=O) groups excluding carboxylic acids is 1. The first-order valence-corrected chi connectivity index (χ1v) is 4.49. The van der Waals surface area contributed by atoms with Crippen LogP contribution in [0, 0.1) is 0 Å². The largest absolute Gasteiger partial charge is 0.295 e. The molecule has 0 amide bonds. The van der Waals surface area contributed by atoms with Crippen molar-refractivity contribution in [3.05, 3.63) is 11.6 Å². The number of ketones is 1. The molecule has 0 unspecified atom stereocenters. The number of rotatable bonds is 0. The van der Waals surface area contributed by atoms with Gasteiger partial charge in [0.15, 0.2) is 5.78 Å². The summed E-state index contributed by atoms with van der Waals surface area (Å²) in [6.45, 7) is 9.99. The fourth-order valence-corrected chi connectivity index (χ4v) is 0.740. The smallest absolute Gasteiger partial charge is 0.155 e. The van der Waals surface area contributed by atoms with E-state index in [-0.39, 0.29) is 5.78 Å². The van der Waals surface area contributed by atoms with Crippen molar-refractivity contribution >= 4 is 5.78 Å². The summed E-state index contributed by atoms with van der Waals surface area (Å²) in [5.41, 5.74) is 1.23.